The van der Waals surface area contributed by atoms with Crippen LogP contribution in [0.4, 0.5) is 0 Å². The van der Waals surface area contributed by atoms with Crippen LogP contribution in [-0.4, -0.2) is 77.4 Å². The number of aromatic nitrogens is 4. The lowest BCUT2D eigenvalue weighted by Gasteiger charge is -2.36. The first-order valence-electron chi connectivity index (χ1n) is 17.6. The summed E-state index contributed by atoms with van der Waals surface area (Å²) in [6, 6.07) is 26.4. The van der Waals surface area contributed by atoms with Gasteiger partial charge in [0.05, 0.1) is 27.0 Å². The molecule has 13 heteroatoms. The maximum Gasteiger partial charge on any atom is 0.259 e. The molecular formula is C40H49N6O6P. The second-order valence-electron chi connectivity index (χ2n) is 12.8. The van der Waals surface area contributed by atoms with Crippen LogP contribution in [0.2, 0.25) is 0 Å². The molecule has 5 rings (SSSR count). The molecule has 0 fully saturated rings. The van der Waals surface area contributed by atoms with Gasteiger partial charge in [0, 0.05) is 25.7 Å². The number of methoxy groups -OCH3 is 3. The highest BCUT2D eigenvalue weighted by Crippen LogP contribution is 2.46. The SMILES string of the molecule is [C-]#[N+]CCOP(OCCn1c(COC(c2ccccc2)(c2ccc(OC)cc2)c2ccc(OC)cc2)nc2cnc(COC)nc21)N(C(C)C)C(C)C. The van der Waals surface area contributed by atoms with Crippen molar-refractivity contribution in [2.24, 2.45) is 0 Å². The third-order valence-corrected chi connectivity index (χ3v) is 10.8. The molecule has 12 nitrogen and oxygen atoms in total. The van der Waals surface area contributed by atoms with E-state index in [2.05, 4.69) is 54.3 Å². The second-order valence-corrected chi connectivity index (χ2v) is 14.2. The summed E-state index contributed by atoms with van der Waals surface area (Å²) in [7, 11) is 3.49. The molecular weight excluding hydrogens is 691 g/mol. The summed E-state index contributed by atoms with van der Waals surface area (Å²) in [5, 5.41) is 0. The van der Waals surface area contributed by atoms with E-state index in [0.717, 1.165) is 28.2 Å². The third kappa shape index (κ3) is 9.37. The zero-order valence-corrected chi connectivity index (χ0v) is 32.5. The van der Waals surface area contributed by atoms with Crippen LogP contribution in [0, 0.1) is 6.57 Å². The minimum absolute atomic E-state index is 0.114. The van der Waals surface area contributed by atoms with E-state index in [-0.39, 0.29) is 31.8 Å². The first-order valence-corrected chi connectivity index (χ1v) is 18.7. The molecule has 2 aromatic heterocycles. The molecule has 2 heterocycles. The van der Waals surface area contributed by atoms with E-state index in [0.29, 0.717) is 42.6 Å². The van der Waals surface area contributed by atoms with Gasteiger partial charge in [-0.25, -0.2) is 26.2 Å². The zero-order chi connectivity index (χ0) is 37.8. The minimum Gasteiger partial charge on any atom is -0.497 e. The Kier molecular flexibility index (Phi) is 14.3. The van der Waals surface area contributed by atoms with Gasteiger partial charge in [0.15, 0.2) is 11.5 Å². The molecule has 0 bridgehead atoms. The number of hydrogen-bond donors (Lipinski definition) is 0. The fourth-order valence-corrected chi connectivity index (χ4v) is 7.88. The fraction of sp³-hybridized carbons (Fsp3) is 0.400. The van der Waals surface area contributed by atoms with E-state index < -0.39 is 14.1 Å². The molecule has 0 aliphatic heterocycles. The van der Waals surface area contributed by atoms with Crippen molar-refractivity contribution >= 4 is 19.7 Å². The number of ether oxygens (including phenoxy) is 4. The summed E-state index contributed by atoms with van der Waals surface area (Å²) in [4.78, 5) is 17.8. The van der Waals surface area contributed by atoms with E-state index in [1.165, 1.54) is 0 Å². The Bertz CT molecular complexity index is 1860. The van der Waals surface area contributed by atoms with Gasteiger partial charge < -0.3 is 37.4 Å². The molecule has 53 heavy (non-hydrogen) atoms. The molecule has 280 valence electrons. The molecule has 0 spiro atoms. The molecule has 3 aromatic carbocycles. The van der Waals surface area contributed by atoms with E-state index in [1.54, 1.807) is 27.5 Å². The fourth-order valence-electron chi connectivity index (χ4n) is 6.31. The summed E-state index contributed by atoms with van der Waals surface area (Å²) in [5.74, 6) is 2.67. The predicted molar refractivity (Wildman–Crippen MR) is 206 cm³/mol. The zero-order valence-electron chi connectivity index (χ0n) is 31.6. The van der Waals surface area contributed by atoms with E-state index in [4.69, 9.17) is 44.5 Å². The molecule has 5 aromatic rings. The molecule has 0 saturated carbocycles. The Morgan fingerprint density at radius 3 is 1.91 bits per heavy atom. The summed E-state index contributed by atoms with van der Waals surface area (Å²) < 4.78 is 40.6. The van der Waals surface area contributed by atoms with E-state index >= 15 is 0 Å². The van der Waals surface area contributed by atoms with Crippen molar-refractivity contribution in [2.75, 3.05) is 41.1 Å². The first kappa shape index (κ1) is 39.7. The number of imidazole rings is 1. The topological polar surface area (TPSA) is 107 Å². The summed E-state index contributed by atoms with van der Waals surface area (Å²) in [6.45, 7) is 17.4. The summed E-state index contributed by atoms with van der Waals surface area (Å²) in [6.07, 6.45) is 1.72. The molecule has 0 aliphatic carbocycles. The monoisotopic (exact) mass is 740 g/mol. The molecule has 0 radical (unpaired) electrons. The molecule has 1 atom stereocenters. The number of rotatable bonds is 20. The van der Waals surface area contributed by atoms with Crippen molar-refractivity contribution in [3.05, 3.63) is 125 Å². The Labute approximate surface area is 313 Å². The van der Waals surface area contributed by atoms with Gasteiger partial charge in [-0.2, -0.15) is 0 Å². The smallest absolute Gasteiger partial charge is 0.259 e. The summed E-state index contributed by atoms with van der Waals surface area (Å²) in [5.41, 5.74) is 2.99. The Balaban J connectivity index is 1.57. The van der Waals surface area contributed by atoms with Crippen molar-refractivity contribution in [1.29, 1.82) is 0 Å². The van der Waals surface area contributed by atoms with Crippen molar-refractivity contribution < 1.29 is 28.0 Å². The summed E-state index contributed by atoms with van der Waals surface area (Å²) >= 11 is 0. The van der Waals surface area contributed by atoms with Crippen molar-refractivity contribution in [3.8, 4) is 11.5 Å². The molecule has 0 N–H and O–H groups in total. The van der Waals surface area contributed by atoms with E-state index in [1.807, 2.05) is 71.3 Å². The quantitative estimate of drug-likeness (QED) is 0.0340. The second kappa shape index (κ2) is 19.0. The number of benzene rings is 3. The van der Waals surface area contributed by atoms with Gasteiger partial charge in [0.25, 0.3) is 8.53 Å². The standard InChI is InChI=1S/C40H49N6O6P/c1-29(2)46(30(3)4)53(51-24-22-41-5)52-25-23-45-38(43-36-26-42-37(27-47-6)44-39(36)45)28-50-40(31-12-10-9-11-13-31,32-14-18-34(48-7)19-15-32)33-16-20-35(49-8)21-17-33/h9-21,26,29-30H,22-25,27-28H2,1-4,6-8H3. The van der Waals surface area contributed by atoms with Crippen LogP contribution in [0.5, 0.6) is 11.5 Å². The van der Waals surface area contributed by atoms with E-state index in [9.17, 15) is 0 Å². The highest BCUT2D eigenvalue weighted by molar-refractivity contribution is 7.44. The van der Waals surface area contributed by atoms with Crippen LogP contribution in [0.1, 0.15) is 56.0 Å². The van der Waals surface area contributed by atoms with Gasteiger partial charge in [0.2, 0.25) is 6.54 Å². The highest BCUT2D eigenvalue weighted by Gasteiger charge is 2.38. The minimum atomic E-state index is -1.44. The van der Waals surface area contributed by atoms with Gasteiger partial charge in [-0.1, -0.05) is 54.6 Å². The first-order chi connectivity index (χ1) is 25.7. The average molecular weight is 741 g/mol. The maximum atomic E-state index is 7.23. The lowest BCUT2D eigenvalue weighted by Crippen LogP contribution is -2.34. The van der Waals surface area contributed by atoms with Gasteiger partial charge in [-0.05, 0) is 68.7 Å². The van der Waals surface area contributed by atoms with Crippen LogP contribution < -0.4 is 9.47 Å². The Morgan fingerprint density at radius 1 is 0.774 bits per heavy atom. The van der Waals surface area contributed by atoms with Crippen LogP contribution >= 0.6 is 8.53 Å². The van der Waals surface area contributed by atoms with Crippen LogP contribution in [-0.2, 0) is 43.9 Å². The lowest BCUT2D eigenvalue weighted by atomic mass is 9.80. The number of fused-ring (bicyclic) bond motifs is 1. The molecule has 0 amide bonds. The van der Waals surface area contributed by atoms with Crippen molar-refractivity contribution in [1.82, 2.24) is 24.2 Å². The van der Waals surface area contributed by atoms with Crippen LogP contribution in [0.15, 0.2) is 85.1 Å². The Morgan fingerprint density at radius 2 is 1.36 bits per heavy atom. The largest absolute Gasteiger partial charge is 0.497 e. The van der Waals surface area contributed by atoms with Crippen LogP contribution in [0.25, 0.3) is 16.0 Å². The number of hydrogen-bond acceptors (Lipinski definition) is 10. The average Bonchev–Trinajstić information content (AvgIpc) is 3.52. The normalized spacial score (nSPS) is 12.5. The Hall–Kier alpha value is -4.47. The van der Waals surface area contributed by atoms with Crippen molar-refractivity contribution in [3.63, 3.8) is 0 Å². The molecule has 0 aliphatic rings. The van der Waals surface area contributed by atoms with Gasteiger partial charge in [-0.3, -0.25) is 0 Å². The molecule has 1 unspecified atom stereocenters. The van der Waals surface area contributed by atoms with Gasteiger partial charge in [-0.15, -0.1) is 0 Å². The predicted octanol–water partition coefficient (Wildman–Crippen LogP) is 7.80. The lowest BCUT2D eigenvalue weighted by molar-refractivity contribution is -0.00456. The highest BCUT2D eigenvalue weighted by atomic mass is 31.2. The van der Waals surface area contributed by atoms with Gasteiger partial charge in [0.1, 0.15) is 48.3 Å². The molecule has 0 saturated heterocycles. The third-order valence-electron chi connectivity index (χ3n) is 8.65. The van der Waals surface area contributed by atoms with Crippen molar-refractivity contribution in [2.45, 2.75) is 65.1 Å². The van der Waals surface area contributed by atoms with Crippen LogP contribution in [0.3, 0.4) is 0 Å². The van der Waals surface area contributed by atoms with Gasteiger partial charge >= 0.3 is 0 Å². The maximum absolute atomic E-state index is 7.23. The number of nitrogens with zero attached hydrogens (tertiary/aromatic N) is 6.